The minimum absolute atomic E-state index is 0.614. The summed E-state index contributed by atoms with van der Waals surface area (Å²) in [6.07, 6.45) is 2.52. The van der Waals surface area contributed by atoms with E-state index >= 15 is 0 Å². The first kappa shape index (κ1) is 13.3. The normalized spacial score (nSPS) is 25.8. The van der Waals surface area contributed by atoms with Crippen molar-refractivity contribution in [2.24, 2.45) is 11.7 Å². The van der Waals surface area contributed by atoms with Crippen LogP contribution in [0.1, 0.15) is 33.6 Å². The maximum atomic E-state index is 5.95. The Morgan fingerprint density at radius 3 is 2.53 bits per heavy atom. The molecule has 3 heteroatoms. The number of nitrogens with zero attached hydrogens (tertiary/aromatic N) is 1. The molecular formula is C12H26N2S. The van der Waals surface area contributed by atoms with Gasteiger partial charge in [0.25, 0.3) is 0 Å². The monoisotopic (exact) mass is 230 g/mol. The summed E-state index contributed by atoms with van der Waals surface area (Å²) in [5, 5.41) is 0.780. The van der Waals surface area contributed by atoms with Crippen LogP contribution in [0.15, 0.2) is 0 Å². The van der Waals surface area contributed by atoms with Crippen LogP contribution in [-0.2, 0) is 0 Å². The Morgan fingerprint density at radius 2 is 2.07 bits per heavy atom. The van der Waals surface area contributed by atoms with Crippen molar-refractivity contribution in [2.75, 3.05) is 25.4 Å². The molecular weight excluding hydrogens is 204 g/mol. The standard InChI is InChI=1S/C12H26N2S/c1-4-11(5-2)12(8-13)14-6-7-15-10(3)9-14/h10-12H,4-9,13H2,1-3H3. The van der Waals surface area contributed by atoms with E-state index in [-0.39, 0.29) is 0 Å². The highest BCUT2D eigenvalue weighted by molar-refractivity contribution is 7.99. The molecule has 0 spiro atoms. The SMILES string of the molecule is CCC(CC)C(CN)N1CCSC(C)C1. The van der Waals surface area contributed by atoms with E-state index < -0.39 is 0 Å². The van der Waals surface area contributed by atoms with E-state index in [1.165, 1.54) is 31.7 Å². The third-order valence-electron chi connectivity index (χ3n) is 3.58. The van der Waals surface area contributed by atoms with Gasteiger partial charge in [-0.05, 0) is 5.92 Å². The minimum atomic E-state index is 0.614. The van der Waals surface area contributed by atoms with Crippen LogP contribution in [0.2, 0.25) is 0 Å². The fraction of sp³-hybridized carbons (Fsp3) is 1.00. The Bertz CT molecular complexity index is 171. The van der Waals surface area contributed by atoms with Gasteiger partial charge in [-0.1, -0.05) is 33.6 Å². The van der Waals surface area contributed by atoms with Crippen LogP contribution in [0, 0.1) is 5.92 Å². The van der Waals surface area contributed by atoms with E-state index in [1.54, 1.807) is 0 Å². The fourth-order valence-corrected chi connectivity index (χ4v) is 3.66. The number of thioether (sulfide) groups is 1. The molecule has 90 valence electrons. The highest BCUT2D eigenvalue weighted by atomic mass is 32.2. The average molecular weight is 230 g/mol. The van der Waals surface area contributed by atoms with E-state index in [9.17, 15) is 0 Å². The lowest BCUT2D eigenvalue weighted by atomic mass is 9.92. The van der Waals surface area contributed by atoms with Crippen molar-refractivity contribution in [2.45, 2.75) is 44.9 Å². The second-order valence-electron chi connectivity index (χ2n) is 4.56. The van der Waals surface area contributed by atoms with Gasteiger partial charge in [-0.2, -0.15) is 11.8 Å². The first-order valence-corrected chi connectivity index (χ1v) is 7.33. The molecule has 2 nitrogen and oxygen atoms in total. The van der Waals surface area contributed by atoms with Gasteiger partial charge >= 0.3 is 0 Å². The van der Waals surface area contributed by atoms with Gasteiger partial charge in [-0.15, -0.1) is 0 Å². The summed E-state index contributed by atoms with van der Waals surface area (Å²) in [6, 6.07) is 0.614. The second kappa shape index (κ2) is 6.77. The largest absolute Gasteiger partial charge is 0.329 e. The number of nitrogens with two attached hydrogens (primary N) is 1. The summed E-state index contributed by atoms with van der Waals surface area (Å²) in [4.78, 5) is 2.62. The molecule has 0 radical (unpaired) electrons. The highest BCUT2D eigenvalue weighted by Gasteiger charge is 2.27. The zero-order chi connectivity index (χ0) is 11.3. The predicted octanol–water partition coefficient (Wildman–Crippen LogP) is 2.19. The van der Waals surface area contributed by atoms with Crippen LogP contribution in [0.4, 0.5) is 0 Å². The van der Waals surface area contributed by atoms with E-state index in [2.05, 4.69) is 37.4 Å². The average Bonchev–Trinajstić information content (AvgIpc) is 2.25. The van der Waals surface area contributed by atoms with Crippen molar-refractivity contribution in [3.05, 3.63) is 0 Å². The first-order chi connectivity index (χ1) is 7.22. The number of hydrogen-bond acceptors (Lipinski definition) is 3. The van der Waals surface area contributed by atoms with Crippen LogP contribution in [0.25, 0.3) is 0 Å². The van der Waals surface area contributed by atoms with Crippen molar-refractivity contribution in [1.29, 1.82) is 0 Å². The van der Waals surface area contributed by atoms with Gasteiger partial charge in [0, 0.05) is 36.7 Å². The smallest absolute Gasteiger partial charge is 0.0247 e. The molecule has 0 aromatic heterocycles. The van der Waals surface area contributed by atoms with Crippen LogP contribution in [0.5, 0.6) is 0 Å². The quantitative estimate of drug-likeness (QED) is 0.785. The third-order valence-corrected chi connectivity index (χ3v) is 4.71. The zero-order valence-corrected chi connectivity index (χ0v) is 11.2. The predicted molar refractivity (Wildman–Crippen MR) is 70.4 cm³/mol. The zero-order valence-electron chi connectivity index (χ0n) is 10.4. The maximum Gasteiger partial charge on any atom is 0.0247 e. The summed E-state index contributed by atoms with van der Waals surface area (Å²) < 4.78 is 0. The van der Waals surface area contributed by atoms with Crippen LogP contribution in [-0.4, -0.2) is 41.6 Å². The van der Waals surface area contributed by atoms with E-state index in [1.807, 2.05) is 0 Å². The molecule has 0 bridgehead atoms. The van der Waals surface area contributed by atoms with Crippen LogP contribution >= 0.6 is 11.8 Å². The van der Waals surface area contributed by atoms with Gasteiger partial charge in [0.15, 0.2) is 0 Å². The van der Waals surface area contributed by atoms with Crippen molar-refractivity contribution in [1.82, 2.24) is 4.90 Å². The molecule has 15 heavy (non-hydrogen) atoms. The molecule has 1 heterocycles. The lowest BCUT2D eigenvalue weighted by Crippen LogP contribution is -2.50. The van der Waals surface area contributed by atoms with Crippen molar-refractivity contribution < 1.29 is 0 Å². The van der Waals surface area contributed by atoms with Gasteiger partial charge in [-0.3, -0.25) is 4.90 Å². The summed E-state index contributed by atoms with van der Waals surface area (Å²) in [5.41, 5.74) is 5.95. The third kappa shape index (κ3) is 3.65. The van der Waals surface area contributed by atoms with Gasteiger partial charge in [-0.25, -0.2) is 0 Å². The molecule has 0 saturated carbocycles. The Balaban J connectivity index is 2.55. The van der Waals surface area contributed by atoms with Crippen LogP contribution in [0.3, 0.4) is 0 Å². The van der Waals surface area contributed by atoms with Gasteiger partial charge in [0.05, 0.1) is 0 Å². The fourth-order valence-electron chi connectivity index (χ4n) is 2.62. The first-order valence-electron chi connectivity index (χ1n) is 6.28. The molecule has 0 aromatic carbocycles. The number of hydrogen-bond donors (Lipinski definition) is 1. The summed E-state index contributed by atoms with van der Waals surface area (Å²) in [7, 11) is 0. The Labute approximate surface area is 99.0 Å². The highest BCUT2D eigenvalue weighted by Crippen LogP contribution is 2.24. The Hall–Kier alpha value is 0.270. The van der Waals surface area contributed by atoms with E-state index in [0.717, 1.165) is 17.7 Å². The Kier molecular flexibility index (Phi) is 6.02. The van der Waals surface area contributed by atoms with Gasteiger partial charge in [0.1, 0.15) is 0 Å². The summed E-state index contributed by atoms with van der Waals surface area (Å²) in [5.74, 6) is 2.06. The van der Waals surface area contributed by atoms with Gasteiger partial charge < -0.3 is 5.73 Å². The second-order valence-corrected chi connectivity index (χ2v) is 6.10. The van der Waals surface area contributed by atoms with Crippen molar-refractivity contribution in [3.8, 4) is 0 Å². The minimum Gasteiger partial charge on any atom is -0.329 e. The summed E-state index contributed by atoms with van der Waals surface area (Å²) in [6.45, 7) is 10.2. The summed E-state index contributed by atoms with van der Waals surface area (Å²) >= 11 is 2.09. The topological polar surface area (TPSA) is 29.3 Å². The molecule has 1 aliphatic rings. The molecule has 1 rings (SSSR count). The molecule has 2 unspecified atom stereocenters. The maximum absolute atomic E-state index is 5.95. The molecule has 0 aromatic rings. The van der Waals surface area contributed by atoms with E-state index in [0.29, 0.717) is 6.04 Å². The molecule has 2 atom stereocenters. The molecule has 0 aliphatic carbocycles. The van der Waals surface area contributed by atoms with E-state index in [4.69, 9.17) is 5.73 Å². The number of rotatable bonds is 5. The lowest BCUT2D eigenvalue weighted by molar-refractivity contribution is 0.145. The van der Waals surface area contributed by atoms with Crippen LogP contribution < -0.4 is 5.73 Å². The Morgan fingerprint density at radius 1 is 1.40 bits per heavy atom. The molecule has 1 fully saturated rings. The molecule has 2 N–H and O–H groups in total. The molecule has 1 saturated heterocycles. The van der Waals surface area contributed by atoms with Crippen molar-refractivity contribution in [3.63, 3.8) is 0 Å². The van der Waals surface area contributed by atoms with Gasteiger partial charge in [0.2, 0.25) is 0 Å². The lowest BCUT2D eigenvalue weighted by Gasteiger charge is -2.40. The molecule has 0 amide bonds. The van der Waals surface area contributed by atoms with Crippen molar-refractivity contribution >= 4 is 11.8 Å². The molecule has 1 aliphatic heterocycles.